The first-order valence-corrected chi connectivity index (χ1v) is 6.11. The van der Waals surface area contributed by atoms with E-state index in [4.69, 9.17) is 0 Å². The first-order chi connectivity index (χ1) is 7.43. The van der Waals surface area contributed by atoms with Crippen molar-refractivity contribution >= 4 is 11.8 Å². The lowest BCUT2D eigenvalue weighted by Crippen LogP contribution is -1.98. The molecule has 0 amide bonds. The van der Waals surface area contributed by atoms with Gasteiger partial charge in [-0.2, -0.15) is 0 Å². The number of hydrogen-bond acceptors (Lipinski definition) is 1. The topological polar surface area (TPSA) is 0 Å². The monoisotopic (exact) mass is 212 g/mol. The standard InChI is InChI=1S/C14H12S/c1-2-7-13-10-15-14-8-4-3-6-12(14)9-11(13)5-1/h1-5,7-11H,6H2. The molecule has 1 atom stereocenters. The molecule has 1 heteroatoms. The van der Waals surface area contributed by atoms with Crippen LogP contribution >= 0.6 is 11.8 Å². The van der Waals surface area contributed by atoms with E-state index in [1.54, 1.807) is 0 Å². The number of fused-ring (bicyclic) bond motifs is 2. The van der Waals surface area contributed by atoms with E-state index in [1.165, 1.54) is 16.1 Å². The van der Waals surface area contributed by atoms with E-state index in [9.17, 15) is 0 Å². The lowest BCUT2D eigenvalue weighted by atomic mass is 9.92. The molecule has 0 spiro atoms. The second-order valence-corrected chi connectivity index (χ2v) is 4.77. The average Bonchev–Trinajstić information content (AvgIpc) is 2.48. The Labute approximate surface area is 94.5 Å². The molecular formula is C14H12S. The predicted molar refractivity (Wildman–Crippen MR) is 67.4 cm³/mol. The first-order valence-electron chi connectivity index (χ1n) is 5.23. The molecule has 0 fully saturated rings. The summed E-state index contributed by atoms with van der Waals surface area (Å²) in [6.07, 6.45) is 18.8. The molecule has 0 saturated heterocycles. The van der Waals surface area contributed by atoms with Crippen LogP contribution in [-0.4, -0.2) is 0 Å². The Kier molecular flexibility index (Phi) is 2.26. The Bertz CT molecular complexity index is 456. The van der Waals surface area contributed by atoms with Crippen LogP contribution in [0, 0.1) is 5.92 Å². The Morgan fingerprint density at radius 1 is 1.20 bits per heavy atom. The Balaban J connectivity index is 2.04. The van der Waals surface area contributed by atoms with Gasteiger partial charge in [-0.05, 0) is 29.1 Å². The maximum Gasteiger partial charge on any atom is 0.0213 e. The van der Waals surface area contributed by atoms with Gasteiger partial charge in [0.2, 0.25) is 0 Å². The lowest BCUT2D eigenvalue weighted by Gasteiger charge is -2.12. The first kappa shape index (κ1) is 9.05. The third-order valence-electron chi connectivity index (χ3n) is 2.84. The van der Waals surface area contributed by atoms with E-state index in [-0.39, 0.29) is 0 Å². The summed E-state index contributed by atoms with van der Waals surface area (Å²) in [5.74, 6) is 0.481. The molecule has 74 valence electrons. The van der Waals surface area contributed by atoms with Crippen LogP contribution in [0.1, 0.15) is 6.42 Å². The molecule has 0 bridgehead atoms. The van der Waals surface area contributed by atoms with Gasteiger partial charge in [-0.1, -0.05) is 54.3 Å². The van der Waals surface area contributed by atoms with Crippen LogP contribution in [0.3, 0.4) is 0 Å². The van der Waals surface area contributed by atoms with Crippen molar-refractivity contribution in [2.45, 2.75) is 6.42 Å². The van der Waals surface area contributed by atoms with Gasteiger partial charge in [0.1, 0.15) is 0 Å². The minimum atomic E-state index is 0.481. The summed E-state index contributed by atoms with van der Waals surface area (Å²) in [6.45, 7) is 0. The predicted octanol–water partition coefficient (Wildman–Crippen LogP) is 4.13. The minimum Gasteiger partial charge on any atom is -0.0975 e. The second kappa shape index (κ2) is 3.74. The summed E-state index contributed by atoms with van der Waals surface area (Å²) >= 11 is 1.85. The molecule has 0 saturated carbocycles. The van der Waals surface area contributed by atoms with Gasteiger partial charge in [0.25, 0.3) is 0 Å². The number of rotatable bonds is 0. The fourth-order valence-corrected chi connectivity index (χ4v) is 2.97. The summed E-state index contributed by atoms with van der Waals surface area (Å²) in [6, 6.07) is 0. The molecule has 3 rings (SSSR count). The van der Waals surface area contributed by atoms with Gasteiger partial charge in [-0.25, -0.2) is 0 Å². The molecule has 1 heterocycles. The summed E-state index contributed by atoms with van der Waals surface area (Å²) in [5.41, 5.74) is 2.88. The van der Waals surface area contributed by atoms with E-state index in [0.717, 1.165) is 6.42 Å². The molecule has 0 N–H and O–H groups in total. The van der Waals surface area contributed by atoms with Crippen LogP contribution in [0.15, 0.2) is 70.1 Å². The van der Waals surface area contributed by atoms with Crippen LogP contribution in [0.2, 0.25) is 0 Å². The van der Waals surface area contributed by atoms with E-state index in [1.807, 2.05) is 11.8 Å². The van der Waals surface area contributed by atoms with Crippen molar-refractivity contribution in [1.82, 2.24) is 0 Å². The van der Waals surface area contributed by atoms with Crippen LogP contribution < -0.4 is 0 Å². The van der Waals surface area contributed by atoms with Crippen molar-refractivity contribution in [1.29, 1.82) is 0 Å². The molecular weight excluding hydrogens is 200 g/mol. The molecule has 0 aromatic rings. The van der Waals surface area contributed by atoms with Crippen LogP contribution in [-0.2, 0) is 0 Å². The zero-order valence-corrected chi connectivity index (χ0v) is 9.21. The average molecular weight is 212 g/mol. The molecule has 0 aromatic carbocycles. The molecule has 0 nitrogen and oxygen atoms in total. The summed E-state index contributed by atoms with van der Waals surface area (Å²) in [4.78, 5) is 1.40. The van der Waals surface area contributed by atoms with Gasteiger partial charge in [0, 0.05) is 10.8 Å². The molecule has 3 aliphatic rings. The van der Waals surface area contributed by atoms with Crippen LogP contribution in [0.5, 0.6) is 0 Å². The molecule has 15 heavy (non-hydrogen) atoms. The highest BCUT2D eigenvalue weighted by Gasteiger charge is 2.16. The Morgan fingerprint density at radius 2 is 2.20 bits per heavy atom. The normalized spacial score (nSPS) is 27.2. The number of hydrogen-bond donors (Lipinski definition) is 0. The van der Waals surface area contributed by atoms with Gasteiger partial charge in [0.15, 0.2) is 0 Å². The van der Waals surface area contributed by atoms with Gasteiger partial charge in [-0.15, -0.1) is 0 Å². The van der Waals surface area contributed by atoms with Gasteiger partial charge in [0.05, 0.1) is 0 Å². The maximum atomic E-state index is 2.39. The SMILES string of the molecule is C1=CCC2=CC3C=CC=CC3=CSC2=C1. The molecule has 1 unspecified atom stereocenters. The molecule has 1 aliphatic heterocycles. The van der Waals surface area contributed by atoms with E-state index >= 15 is 0 Å². The van der Waals surface area contributed by atoms with E-state index in [2.05, 4.69) is 54.0 Å². The van der Waals surface area contributed by atoms with Crippen molar-refractivity contribution in [2.75, 3.05) is 0 Å². The smallest absolute Gasteiger partial charge is 0.0213 e. The third-order valence-corrected chi connectivity index (χ3v) is 3.89. The summed E-state index contributed by atoms with van der Waals surface area (Å²) in [5, 5.41) is 2.28. The quantitative estimate of drug-likeness (QED) is 0.582. The second-order valence-electron chi connectivity index (χ2n) is 3.86. The van der Waals surface area contributed by atoms with Gasteiger partial charge >= 0.3 is 0 Å². The highest BCUT2D eigenvalue weighted by molar-refractivity contribution is 8.06. The maximum absolute atomic E-state index is 2.39. The molecule has 2 aliphatic carbocycles. The number of thioether (sulfide) groups is 1. The van der Waals surface area contributed by atoms with Crippen molar-refractivity contribution in [2.24, 2.45) is 5.92 Å². The fraction of sp³-hybridized carbons (Fsp3) is 0.143. The minimum absolute atomic E-state index is 0.481. The fourth-order valence-electron chi connectivity index (χ4n) is 2.01. The third kappa shape index (κ3) is 1.68. The van der Waals surface area contributed by atoms with Crippen LogP contribution in [0.4, 0.5) is 0 Å². The van der Waals surface area contributed by atoms with Crippen molar-refractivity contribution < 1.29 is 0 Å². The number of allylic oxidation sites excluding steroid dienone is 10. The van der Waals surface area contributed by atoms with Gasteiger partial charge in [-0.3, -0.25) is 0 Å². The summed E-state index contributed by atoms with van der Waals surface area (Å²) in [7, 11) is 0. The van der Waals surface area contributed by atoms with Crippen molar-refractivity contribution in [3.63, 3.8) is 0 Å². The largest absolute Gasteiger partial charge is 0.0975 e. The molecule has 0 radical (unpaired) electrons. The lowest BCUT2D eigenvalue weighted by molar-refractivity contribution is 0.979. The van der Waals surface area contributed by atoms with Crippen molar-refractivity contribution in [3.8, 4) is 0 Å². The Hall–Kier alpha value is -1.21. The van der Waals surface area contributed by atoms with Crippen molar-refractivity contribution in [3.05, 3.63) is 70.1 Å². The highest BCUT2D eigenvalue weighted by atomic mass is 32.2. The zero-order chi connectivity index (χ0) is 10.1. The highest BCUT2D eigenvalue weighted by Crippen LogP contribution is 2.38. The Morgan fingerprint density at radius 3 is 3.20 bits per heavy atom. The van der Waals surface area contributed by atoms with Crippen LogP contribution in [0.25, 0.3) is 0 Å². The summed E-state index contributed by atoms with van der Waals surface area (Å²) < 4.78 is 0. The van der Waals surface area contributed by atoms with Gasteiger partial charge < -0.3 is 0 Å². The van der Waals surface area contributed by atoms with E-state index in [0.29, 0.717) is 5.92 Å². The van der Waals surface area contributed by atoms with E-state index < -0.39 is 0 Å². The molecule has 0 aromatic heterocycles. The zero-order valence-electron chi connectivity index (χ0n) is 8.39.